The summed E-state index contributed by atoms with van der Waals surface area (Å²) in [5, 5.41) is 0. The van der Waals surface area contributed by atoms with Crippen molar-refractivity contribution in [3.8, 4) is 11.5 Å². The molecule has 3 aromatic carbocycles. The van der Waals surface area contributed by atoms with Crippen LogP contribution in [0.4, 0.5) is 4.39 Å². The number of Topliss-reactive ketones (excluding diaryl/α,β-unsaturated/α-hetero) is 2. The van der Waals surface area contributed by atoms with E-state index in [-0.39, 0.29) is 29.7 Å². The smallest absolute Gasteiger partial charge is 0.232 e. The molecule has 1 heterocycles. The van der Waals surface area contributed by atoms with Gasteiger partial charge in [-0.3, -0.25) is 9.59 Å². The summed E-state index contributed by atoms with van der Waals surface area (Å²) in [4.78, 5) is 24.9. The van der Waals surface area contributed by atoms with Gasteiger partial charge in [0.2, 0.25) is 5.78 Å². The lowest BCUT2D eigenvalue weighted by molar-refractivity contribution is 0.0920. The molecule has 4 nitrogen and oxygen atoms in total. The minimum absolute atomic E-state index is 0.117. The van der Waals surface area contributed by atoms with Gasteiger partial charge in [-0.25, -0.2) is 4.39 Å². The molecule has 0 unspecified atom stereocenters. The molecule has 0 aliphatic carbocycles. The maximum absolute atomic E-state index is 13.1. The zero-order chi connectivity index (χ0) is 20.4. The number of ether oxygens (including phenoxy) is 2. The summed E-state index contributed by atoms with van der Waals surface area (Å²) in [5.74, 6) is 0.252. The highest BCUT2D eigenvalue weighted by Gasteiger charge is 2.30. The highest BCUT2D eigenvalue weighted by atomic mass is 19.1. The number of carbonyl (C=O) groups excluding carboxylic acids is 2. The number of aryl methyl sites for hydroxylation is 1. The number of benzene rings is 3. The van der Waals surface area contributed by atoms with Crippen molar-refractivity contribution < 1.29 is 23.5 Å². The van der Waals surface area contributed by atoms with Crippen molar-refractivity contribution >= 4 is 17.6 Å². The van der Waals surface area contributed by atoms with E-state index in [0.717, 1.165) is 0 Å². The van der Waals surface area contributed by atoms with Crippen LogP contribution in [0.15, 0.2) is 72.5 Å². The van der Waals surface area contributed by atoms with Gasteiger partial charge in [-0.05, 0) is 42.3 Å². The molecule has 0 N–H and O–H groups in total. The molecule has 0 bridgehead atoms. The largest absolute Gasteiger partial charge is 0.485 e. The monoisotopic (exact) mass is 388 g/mol. The second kappa shape index (κ2) is 7.72. The van der Waals surface area contributed by atoms with Gasteiger partial charge >= 0.3 is 0 Å². The number of rotatable bonds is 5. The minimum atomic E-state index is -0.350. The summed E-state index contributed by atoms with van der Waals surface area (Å²) in [7, 11) is 0. The van der Waals surface area contributed by atoms with Crippen LogP contribution in [0.1, 0.15) is 31.8 Å². The summed E-state index contributed by atoms with van der Waals surface area (Å²) in [6, 6.07) is 18.0. The second-order valence-electron chi connectivity index (χ2n) is 6.68. The molecule has 3 aromatic rings. The SMILES string of the molecule is Cc1cc(OCC(=O)c2ccccc2)cc2c1C(=O)/C(=C/c1ccc(F)cc1)O2. The van der Waals surface area contributed by atoms with Crippen molar-refractivity contribution in [2.45, 2.75) is 6.92 Å². The summed E-state index contributed by atoms with van der Waals surface area (Å²) >= 11 is 0. The maximum atomic E-state index is 13.1. The molecular formula is C24H17FO4. The first-order valence-electron chi connectivity index (χ1n) is 9.07. The molecule has 0 fully saturated rings. The fraction of sp³-hybridized carbons (Fsp3) is 0.0833. The van der Waals surface area contributed by atoms with Crippen LogP contribution in [0.5, 0.6) is 11.5 Å². The highest BCUT2D eigenvalue weighted by molar-refractivity contribution is 6.15. The molecule has 1 aliphatic heterocycles. The maximum Gasteiger partial charge on any atom is 0.232 e. The average molecular weight is 388 g/mol. The zero-order valence-electron chi connectivity index (χ0n) is 15.6. The quantitative estimate of drug-likeness (QED) is 0.455. The van der Waals surface area contributed by atoms with Gasteiger partial charge in [-0.2, -0.15) is 0 Å². The van der Waals surface area contributed by atoms with Crippen molar-refractivity contribution in [2.75, 3.05) is 6.61 Å². The van der Waals surface area contributed by atoms with E-state index in [1.54, 1.807) is 61.5 Å². The summed E-state index contributed by atoms with van der Waals surface area (Å²) in [5.41, 5.74) is 2.38. The number of allylic oxidation sites excluding steroid dienone is 1. The van der Waals surface area contributed by atoms with E-state index in [1.165, 1.54) is 12.1 Å². The first-order chi connectivity index (χ1) is 14.0. The zero-order valence-corrected chi connectivity index (χ0v) is 15.6. The van der Waals surface area contributed by atoms with E-state index in [0.29, 0.717) is 33.8 Å². The van der Waals surface area contributed by atoms with Crippen LogP contribution in [0, 0.1) is 12.7 Å². The molecule has 5 heteroatoms. The van der Waals surface area contributed by atoms with Gasteiger partial charge in [0.1, 0.15) is 17.3 Å². The number of ketones is 2. The summed E-state index contributed by atoms with van der Waals surface area (Å²) < 4.78 is 24.4. The van der Waals surface area contributed by atoms with E-state index in [4.69, 9.17) is 9.47 Å². The Labute approximate surface area is 167 Å². The van der Waals surface area contributed by atoms with E-state index in [9.17, 15) is 14.0 Å². The van der Waals surface area contributed by atoms with Crippen LogP contribution in [0.2, 0.25) is 0 Å². The first-order valence-corrected chi connectivity index (χ1v) is 9.07. The van der Waals surface area contributed by atoms with Crippen LogP contribution >= 0.6 is 0 Å². The van der Waals surface area contributed by atoms with E-state index in [1.807, 2.05) is 6.07 Å². The Hall–Kier alpha value is -3.73. The Morgan fingerprint density at radius 3 is 2.52 bits per heavy atom. The molecule has 0 atom stereocenters. The van der Waals surface area contributed by atoms with Crippen molar-refractivity contribution in [2.24, 2.45) is 0 Å². The van der Waals surface area contributed by atoms with Gasteiger partial charge in [0.05, 0.1) is 5.56 Å². The summed E-state index contributed by atoms with van der Waals surface area (Å²) in [6.07, 6.45) is 1.57. The van der Waals surface area contributed by atoms with Gasteiger partial charge in [0.15, 0.2) is 18.1 Å². The molecule has 0 saturated carbocycles. The Morgan fingerprint density at radius 1 is 1.07 bits per heavy atom. The number of halogens is 1. The molecule has 0 radical (unpaired) electrons. The van der Waals surface area contributed by atoms with Crippen molar-refractivity contribution in [1.82, 2.24) is 0 Å². The summed E-state index contributed by atoms with van der Waals surface area (Å²) in [6.45, 7) is 1.67. The number of hydrogen-bond donors (Lipinski definition) is 0. The lowest BCUT2D eigenvalue weighted by Gasteiger charge is -2.08. The molecule has 0 saturated heterocycles. The van der Waals surface area contributed by atoms with E-state index in [2.05, 4.69) is 0 Å². The predicted octanol–water partition coefficient (Wildman–Crippen LogP) is 5.01. The Kier molecular flexibility index (Phi) is 4.96. The topological polar surface area (TPSA) is 52.6 Å². The Balaban J connectivity index is 1.53. The molecule has 29 heavy (non-hydrogen) atoms. The molecule has 0 aromatic heterocycles. The van der Waals surface area contributed by atoms with Crippen molar-refractivity contribution in [3.05, 3.63) is 101 Å². The Morgan fingerprint density at radius 2 is 1.79 bits per heavy atom. The van der Waals surface area contributed by atoms with Gasteiger partial charge in [0, 0.05) is 11.6 Å². The molecule has 144 valence electrons. The third kappa shape index (κ3) is 3.94. The van der Waals surface area contributed by atoms with Crippen molar-refractivity contribution in [1.29, 1.82) is 0 Å². The third-order valence-electron chi connectivity index (χ3n) is 4.58. The fourth-order valence-corrected chi connectivity index (χ4v) is 3.13. The standard InChI is InChI=1S/C24H17FO4/c1-15-11-19(28-14-20(26)17-5-3-2-4-6-17)13-21-23(15)24(27)22(29-21)12-16-7-9-18(25)10-8-16/h2-13H,14H2,1H3/b22-12-. The number of fused-ring (bicyclic) bond motifs is 1. The highest BCUT2D eigenvalue weighted by Crippen LogP contribution is 2.37. The van der Waals surface area contributed by atoms with Gasteiger partial charge < -0.3 is 9.47 Å². The van der Waals surface area contributed by atoms with Gasteiger partial charge in [-0.1, -0.05) is 42.5 Å². The van der Waals surface area contributed by atoms with Crippen LogP contribution in [-0.4, -0.2) is 18.2 Å². The van der Waals surface area contributed by atoms with E-state index < -0.39 is 0 Å². The van der Waals surface area contributed by atoms with Crippen LogP contribution in [0.3, 0.4) is 0 Å². The lowest BCUT2D eigenvalue weighted by atomic mass is 10.0. The first kappa shape index (κ1) is 18.6. The Bertz CT molecular complexity index is 1120. The molecule has 0 amide bonds. The van der Waals surface area contributed by atoms with Gasteiger partial charge in [-0.15, -0.1) is 0 Å². The normalized spacial score (nSPS) is 13.9. The van der Waals surface area contributed by atoms with Gasteiger partial charge in [0.25, 0.3) is 0 Å². The van der Waals surface area contributed by atoms with Crippen LogP contribution < -0.4 is 9.47 Å². The second-order valence-corrected chi connectivity index (χ2v) is 6.68. The minimum Gasteiger partial charge on any atom is -0.485 e. The molecule has 0 spiro atoms. The molecule has 1 aliphatic rings. The third-order valence-corrected chi connectivity index (χ3v) is 4.58. The van der Waals surface area contributed by atoms with Crippen LogP contribution in [0.25, 0.3) is 6.08 Å². The molecule has 4 rings (SSSR count). The fourth-order valence-electron chi connectivity index (χ4n) is 3.13. The average Bonchev–Trinajstić information content (AvgIpc) is 3.04. The number of carbonyl (C=O) groups is 2. The molecular weight excluding hydrogens is 371 g/mol. The number of hydrogen-bond acceptors (Lipinski definition) is 4. The van der Waals surface area contributed by atoms with Crippen LogP contribution in [-0.2, 0) is 0 Å². The van der Waals surface area contributed by atoms with E-state index >= 15 is 0 Å². The van der Waals surface area contributed by atoms with Crippen molar-refractivity contribution in [3.63, 3.8) is 0 Å². The predicted molar refractivity (Wildman–Crippen MR) is 107 cm³/mol. The lowest BCUT2D eigenvalue weighted by Crippen LogP contribution is -2.11.